The summed E-state index contributed by atoms with van der Waals surface area (Å²) in [5.41, 5.74) is 5.76. The Hall–Kier alpha value is -2.92. The maximum atomic E-state index is 9.81. The summed E-state index contributed by atoms with van der Waals surface area (Å²) >= 11 is 0. The van der Waals surface area contributed by atoms with Crippen molar-refractivity contribution >= 4 is 11.8 Å². The van der Waals surface area contributed by atoms with E-state index >= 15 is 0 Å². The van der Waals surface area contributed by atoms with Crippen molar-refractivity contribution in [3.05, 3.63) is 82.5 Å². The van der Waals surface area contributed by atoms with Gasteiger partial charge >= 0.3 is 0 Å². The molecule has 0 saturated heterocycles. The molecule has 5 heteroatoms. The number of fused-ring (bicyclic) bond motifs is 1. The van der Waals surface area contributed by atoms with E-state index in [9.17, 15) is 5.11 Å². The van der Waals surface area contributed by atoms with Crippen LogP contribution in [0.1, 0.15) is 41.0 Å². The van der Waals surface area contributed by atoms with Crippen molar-refractivity contribution in [1.29, 1.82) is 0 Å². The molecule has 3 aromatic rings. The fourth-order valence-electron chi connectivity index (χ4n) is 3.60. The van der Waals surface area contributed by atoms with E-state index in [2.05, 4.69) is 39.5 Å². The van der Waals surface area contributed by atoms with Gasteiger partial charge in [-0.3, -0.25) is 0 Å². The minimum atomic E-state index is -0.425. The smallest absolute Gasteiger partial charge is 0.225 e. The molecular formula is C23H26N4O. The Balaban J connectivity index is 1.50. The first-order chi connectivity index (χ1) is 13.6. The molecule has 0 fully saturated rings. The van der Waals surface area contributed by atoms with Crippen molar-refractivity contribution in [2.45, 2.75) is 39.5 Å². The van der Waals surface area contributed by atoms with E-state index in [-0.39, 0.29) is 0 Å². The van der Waals surface area contributed by atoms with Crippen LogP contribution >= 0.6 is 0 Å². The predicted octanol–water partition coefficient (Wildman–Crippen LogP) is 4.01. The Morgan fingerprint density at radius 3 is 2.68 bits per heavy atom. The summed E-state index contributed by atoms with van der Waals surface area (Å²) < 4.78 is 0. The van der Waals surface area contributed by atoms with Crippen LogP contribution in [0.4, 0.5) is 11.8 Å². The molecule has 0 radical (unpaired) electrons. The van der Waals surface area contributed by atoms with Crippen LogP contribution in [0.5, 0.6) is 0 Å². The van der Waals surface area contributed by atoms with E-state index in [1.807, 2.05) is 44.2 Å². The summed E-state index contributed by atoms with van der Waals surface area (Å²) in [6.07, 6.45) is 0.525. The van der Waals surface area contributed by atoms with Crippen LogP contribution < -0.4 is 10.2 Å². The van der Waals surface area contributed by atoms with E-state index < -0.39 is 6.10 Å². The topological polar surface area (TPSA) is 61.3 Å². The van der Waals surface area contributed by atoms with Crippen molar-refractivity contribution in [1.82, 2.24) is 9.97 Å². The molecule has 0 bridgehead atoms. The average molecular weight is 374 g/mol. The van der Waals surface area contributed by atoms with E-state index in [0.717, 1.165) is 36.6 Å². The fraction of sp³-hybridized carbons (Fsp3) is 0.304. The van der Waals surface area contributed by atoms with Gasteiger partial charge in [-0.05, 0) is 42.5 Å². The Morgan fingerprint density at radius 2 is 1.89 bits per heavy atom. The minimum absolute atomic E-state index is 0.425. The number of nitrogens with one attached hydrogen (secondary N) is 1. The third-order valence-electron chi connectivity index (χ3n) is 5.18. The molecule has 28 heavy (non-hydrogen) atoms. The standard InChI is InChI=1S/C23H26N4O/c1-16-12-22(26-23(25-16)24-14-18-6-4-3-5-7-18)27-11-10-20-13-19(17(2)28)8-9-21(20)15-27/h3-9,12-13,17,28H,10-11,14-15H2,1-2H3,(H,24,25,26)/t17-/m0/s1. The van der Waals surface area contributed by atoms with Gasteiger partial charge in [0.05, 0.1) is 6.10 Å². The third-order valence-corrected chi connectivity index (χ3v) is 5.18. The van der Waals surface area contributed by atoms with Crippen LogP contribution in [-0.2, 0) is 19.5 Å². The van der Waals surface area contributed by atoms with Crippen molar-refractivity contribution in [3.8, 4) is 0 Å². The second kappa shape index (κ2) is 7.98. The van der Waals surface area contributed by atoms with Crippen LogP contribution in [-0.4, -0.2) is 21.6 Å². The fourth-order valence-corrected chi connectivity index (χ4v) is 3.60. The lowest BCUT2D eigenvalue weighted by Crippen LogP contribution is -2.31. The normalized spacial score (nSPS) is 14.5. The molecule has 0 spiro atoms. The summed E-state index contributed by atoms with van der Waals surface area (Å²) in [5, 5.41) is 13.2. The molecule has 0 unspecified atom stereocenters. The van der Waals surface area contributed by atoms with Crippen LogP contribution in [0.25, 0.3) is 0 Å². The molecule has 1 aromatic heterocycles. The highest BCUT2D eigenvalue weighted by Gasteiger charge is 2.19. The minimum Gasteiger partial charge on any atom is -0.389 e. The van der Waals surface area contributed by atoms with E-state index in [1.54, 1.807) is 0 Å². The van der Waals surface area contributed by atoms with E-state index in [4.69, 9.17) is 4.98 Å². The molecule has 2 heterocycles. The predicted molar refractivity (Wildman–Crippen MR) is 112 cm³/mol. The largest absolute Gasteiger partial charge is 0.389 e. The van der Waals surface area contributed by atoms with Gasteiger partial charge in [-0.25, -0.2) is 4.98 Å². The molecule has 2 aromatic carbocycles. The molecule has 5 nitrogen and oxygen atoms in total. The molecule has 2 N–H and O–H groups in total. The number of benzene rings is 2. The molecule has 0 amide bonds. The Kier molecular flexibility index (Phi) is 5.26. The molecule has 1 aliphatic rings. The van der Waals surface area contributed by atoms with Gasteiger partial charge in [-0.2, -0.15) is 4.98 Å². The molecular weight excluding hydrogens is 348 g/mol. The van der Waals surface area contributed by atoms with Gasteiger partial charge in [0.2, 0.25) is 5.95 Å². The highest BCUT2D eigenvalue weighted by Crippen LogP contribution is 2.26. The Morgan fingerprint density at radius 1 is 1.07 bits per heavy atom. The van der Waals surface area contributed by atoms with Gasteiger partial charge in [-0.15, -0.1) is 0 Å². The van der Waals surface area contributed by atoms with Crippen molar-refractivity contribution in [3.63, 3.8) is 0 Å². The average Bonchev–Trinajstić information content (AvgIpc) is 2.72. The van der Waals surface area contributed by atoms with Gasteiger partial charge in [0.25, 0.3) is 0 Å². The zero-order valence-electron chi connectivity index (χ0n) is 16.4. The van der Waals surface area contributed by atoms with Crippen LogP contribution in [0.2, 0.25) is 0 Å². The number of anilines is 2. The van der Waals surface area contributed by atoms with Gasteiger partial charge in [0, 0.05) is 31.4 Å². The van der Waals surface area contributed by atoms with Crippen LogP contribution in [0.15, 0.2) is 54.6 Å². The number of rotatable bonds is 5. The molecule has 0 aliphatic carbocycles. The summed E-state index contributed by atoms with van der Waals surface area (Å²) in [4.78, 5) is 11.6. The second-order valence-electron chi connectivity index (χ2n) is 7.41. The summed E-state index contributed by atoms with van der Waals surface area (Å²) in [7, 11) is 0. The lowest BCUT2D eigenvalue weighted by atomic mass is 9.96. The van der Waals surface area contributed by atoms with Crippen LogP contribution in [0.3, 0.4) is 0 Å². The summed E-state index contributed by atoms with van der Waals surface area (Å²) in [5.74, 6) is 1.61. The SMILES string of the molecule is Cc1cc(N2CCc3cc([C@H](C)O)ccc3C2)nc(NCc2ccccc2)n1. The van der Waals surface area contributed by atoms with Gasteiger partial charge < -0.3 is 15.3 Å². The summed E-state index contributed by atoms with van der Waals surface area (Å²) in [6, 6.07) is 18.6. The molecule has 1 atom stereocenters. The Labute approximate surface area is 166 Å². The molecule has 0 saturated carbocycles. The maximum Gasteiger partial charge on any atom is 0.225 e. The molecule has 4 rings (SSSR count). The second-order valence-corrected chi connectivity index (χ2v) is 7.41. The lowest BCUT2D eigenvalue weighted by Gasteiger charge is -2.30. The highest BCUT2D eigenvalue weighted by molar-refractivity contribution is 5.49. The van der Waals surface area contributed by atoms with Gasteiger partial charge in [-0.1, -0.05) is 48.5 Å². The first-order valence-corrected chi connectivity index (χ1v) is 9.76. The number of nitrogens with zero attached hydrogens (tertiary/aromatic N) is 3. The number of aryl methyl sites for hydroxylation is 1. The summed E-state index contributed by atoms with van der Waals surface area (Å²) in [6.45, 7) is 6.25. The zero-order valence-corrected chi connectivity index (χ0v) is 16.4. The monoisotopic (exact) mass is 374 g/mol. The van der Waals surface area contributed by atoms with Crippen molar-refractivity contribution in [2.75, 3.05) is 16.8 Å². The maximum absolute atomic E-state index is 9.81. The number of hydrogen-bond donors (Lipinski definition) is 2. The van der Waals surface area contributed by atoms with Crippen molar-refractivity contribution < 1.29 is 5.11 Å². The van der Waals surface area contributed by atoms with Gasteiger partial charge in [0.1, 0.15) is 5.82 Å². The van der Waals surface area contributed by atoms with E-state index in [1.165, 1.54) is 16.7 Å². The van der Waals surface area contributed by atoms with Crippen molar-refractivity contribution in [2.24, 2.45) is 0 Å². The first-order valence-electron chi connectivity index (χ1n) is 9.76. The Bertz CT molecular complexity index is 956. The number of aliphatic hydroxyl groups excluding tert-OH is 1. The van der Waals surface area contributed by atoms with Crippen LogP contribution in [0, 0.1) is 6.92 Å². The lowest BCUT2D eigenvalue weighted by molar-refractivity contribution is 0.199. The number of aliphatic hydroxyl groups is 1. The van der Waals surface area contributed by atoms with E-state index in [0.29, 0.717) is 12.5 Å². The highest BCUT2D eigenvalue weighted by atomic mass is 16.3. The number of hydrogen-bond acceptors (Lipinski definition) is 5. The molecule has 144 valence electrons. The molecule has 1 aliphatic heterocycles. The quantitative estimate of drug-likeness (QED) is 0.706. The third kappa shape index (κ3) is 4.15. The zero-order chi connectivity index (χ0) is 19.5. The number of aromatic nitrogens is 2. The first kappa shape index (κ1) is 18.4. The van der Waals surface area contributed by atoms with Gasteiger partial charge in [0.15, 0.2) is 0 Å².